The van der Waals surface area contributed by atoms with Crippen LogP contribution in [0.2, 0.25) is 0 Å². The molecule has 5 nitrogen and oxygen atoms in total. The Kier molecular flexibility index (Phi) is 3.43. The van der Waals surface area contributed by atoms with E-state index in [1.165, 1.54) is 0 Å². The van der Waals surface area contributed by atoms with E-state index in [9.17, 15) is 0 Å². The molecule has 0 atom stereocenters. The monoisotopic (exact) mass is 236 g/mol. The van der Waals surface area contributed by atoms with Gasteiger partial charge < -0.3 is 10.0 Å². The third-order valence-corrected chi connectivity index (χ3v) is 2.74. The summed E-state index contributed by atoms with van der Waals surface area (Å²) in [6.45, 7) is 0.596. The average molecular weight is 236 g/mol. The van der Waals surface area contributed by atoms with E-state index in [1.807, 2.05) is 17.3 Å². The second-order valence-electron chi connectivity index (χ2n) is 3.36. The molecule has 0 bridgehead atoms. The Labute approximate surface area is 97.4 Å². The highest BCUT2D eigenvalue weighted by Crippen LogP contribution is 2.12. The summed E-state index contributed by atoms with van der Waals surface area (Å²) in [6, 6.07) is 0. The van der Waals surface area contributed by atoms with Crippen LogP contribution in [0.1, 0.15) is 11.4 Å². The molecule has 0 amide bonds. The van der Waals surface area contributed by atoms with E-state index >= 15 is 0 Å². The number of hydrogen-bond donors (Lipinski definition) is 1. The number of aliphatic hydroxyl groups is 1. The van der Waals surface area contributed by atoms with Crippen molar-refractivity contribution >= 4 is 17.2 Å². The van der Waals surface area contributed by atoms with Crippen molar-refractivity contribution < 1.29 is 5.11 Å². The van der Waals surface area contributed by atoms with E-state index in [-0.39, 0.29) is 6.61 Å². The molecule has 84 valence electrons. The summed E-state index contributed by atoms with van der Waals surface area (Å²) in [4.78, 5) is 14.4. The fourth-order valence-corrected chi connectivity index (χ4v) is 1.84. The molecule has 2 rings (SSSR count). The lowest BCUT2D eigenvalue weighted by Gasteiger charge is -2.16. The molecule has 0 aromatic carbocycles. The average Bonchev–Trinajstić information content (AvgIpc) is 2.82. The maximum absolute atomic E-state index is 8.97. The first kappa shape index (κ1) is 11.0. The Hall–Kier alpha value is -1.53. The zero-order chi connectivity index (χ0) is 11.4. The van der Waals surface area contributed by atoms with Crippen LogP contribution in [0.25, 0.3) is 0 Å². The minimum Gasteiger partial charge on any atom is -0.390 e. The van der Waals surface area contributed by atoms with Crippen LogP contribution >= 0.6 is 11.3 Å². The van der Waals surface area contributed by atoms with E-state index in [2.05, 4.69) is 15.0 Å². The van der Waals surface area contributed by atoms with Crippen LogP contribution in [0.5, 0.6) is 0 Å². The van der Waals surface area contributed by atoms with Crippen LogP contribution in [0.3, 0.4) is 0 Å². The van der Waals surface area contributed by atoms with Crippen molar-refractivity contribution in [3.8, 4) is 0 Å². The topological polar surface area (TPSA) is 62.1 Å². The molecule has 0 fully saturated rings. The van der Waals surface area contributed by atoms with Crippen LogP contribution in [-0.4, -0.2) is 27.1 Å². The normalized spacial score (nSPS) is 10.4. The van der Waals surface area contributed by atoms with Gasteiger partial charge in [0.05, 0.1) is 42.4 Å². The zero-order valence-corrected chi connectivity index (χ0v) is 9.68. The molecule has 0 spiro atoms. The van der Waals surface area contributed by atoms with Gasteiger partial charge in [-0.25, -0.2) is 9.97 Å². The first-order chi connectivity index (χ1) is 7.79. The Bertz CT molecular complexity index is 446. The summed E-state index contributed by atoms with van der Waals surface area (Å²) in [6.07, 6.45) is 3.23. The third-order valence-electron chi connectivity index (χ3n) is 2.11. The van der Waals surface area contributed by atoms with Crippen molar-refractivity contribution in [2.45, 2.75) is 13.2 Å². The van der Waals surface area contributed by atoms with Crippen LogP contribution in [0, 0.1) is 0 Å². The second kappa shape index (κ2) is 5.00. The highest BCUT2D eigenvalue weighted by atomic mass is 32.1. The van der Waals surface area contributed by atoms with Crippen LogP contribution in [0.15, 0.2) is 23.3 Å². The molecule has 16 heavy (non-hydrogen) atoms. The highest BCUT2D eigenvalue weighted by Gasteiger charge is 2.06. The standard InChI is InChI=1S/C10H12N4OS/c1-14(4-9-6-16-7-12-9)10-3-11-2-8(5-15)13-10/h2-3,6-7,15H,4-5H2,1H3. The minimum absolute atomic E-state index is 0.0919. The lowest BCUT2D eigenvalue weighted by Crippen LogP contribution is -2.18. The van der Waals surface area contributed by atoms with Crippen LogP contribution in [0.4, 0.5) is 5.82 Å². The largest absolute Gasteiger partial charge is 0.390 e. The highest BCUT2D eigenvalue weighted by molar-refractivity contribution is 7.07. The maximum Gasteiger partial charge on any atom is 0.147 e. The summed E-state index contributed by atoms with van der Waals surface area (Å²) in [5, 5.41) is 11.0. The van der Waals surface area contributed by atoms with Crippen molar-refractivity contribution in [1.82, 2.24) is 15.0 Å². The van der Waals surface area contributed by atoms with E-state index in [0.29, 0.717) is 12.2 Å². The number of nitrogens with zero attached hydrogens (tertiary/aromatic N) is 4. The SMILES string of the molecule is CN(Cc1cscn1)c1cncc(CO)n1. The molecular weight excluding hydrogens is 224 g/mol. The molecule has 0 aliphatic rings. The van der Waals surface area contributed by atoms with Crippen molar-refractivity contribution in [3.05, 3.63) is 34.7 Å². The van der Waals surface area contributed by atoms with Gasteiger partial charge in [-0.2, -0.15) is 0 Å². The summed E-state index contributed by atoms with van der Waals surface area (Å²) in [5.74, 6) is 0.736. The summed E-state index contributed by atoms with van der Waals surface area (Å²) in [7, 11) is 1.92. The molecule has 0 unspecified atom stereocenters. The van der Waals surface area contributed by atoms with Gasteiger partial charge in [-0.3, -0.25) is 4.98 Å². The first-order valence-electron chi connectivity index (χ1n) is 4.79. The number of thiazole rings is 1. The van der Waals surface area contributed by atoms with Crippen LogP contribution < -0.4 is 4.90 Å². The fourth-order valence-electron chi connectivity index (χ4n) is 1.29. The first-order valence-corrected chi connectivity index (χ1v) is 5.74. The molecule has 0 aliphatic heterocycles. The lowest BCUT2D eigenvalue weighted by atomic mass is 10.4. The summed E-state index contributed by atoms with van der Waals surface area (Å²) in [5.41, 5.74) is 3.38. The van der Waals surface area contributed by atoms with E-state index < -0.39 is 0 Å². The zero-order valence-electron chi connectivity index (χ0n) is 8.87. The van der Waals surface area contributed by atoms with E-state index in [0.717, 1.165) is 11.5 Å². The molecule has 2 aromatic heterocycles. The van der Waals surface area contributed by atoms with Gasteiger partial charge in [-0.05, 0) is 0 Å². The fraction of sp³-hybridized carbons (Fsp3) is 0.300. The molecule has 2 aromatic rings. The maximum atomic E-state index is 8.97. The third kappa shape index (κ3) is 2.53. The van der Waals surface area contributed by atoms with Gasteiger partial charge in [-0.15, -0.1) is 11.3 Å². The number of rotatable bonds is 4. The number of anilines is 1. The Balaban J connectivity index is 2.11. The molecule has 0 aliphatic carbocycles. The van der Waals surface area contributed by atoms with Gasteiger partial charge in [-0.1, -0.05) is 0 Å². The molecule has 6 heteroatoms. The van der Waals surface area contributed by atoms with E-state index in [1.54, 1.807) is 29.2 Å². The Morgan fingerprint density at radius 2 is 2.25 bits per heavy atom. The molecule has 1 N–H and O–H groups in total. The molecule has 2 heterocycles. The van der Waals surface area contributed by atoms with Crippen molar-refractivity contribution in [3.63, 3.8) is 0 Å². The number of hydrogen-bond acceptors (Lipinski definition) is 6. The minimum atomic E-state index is -0.0919. The Morgan fingerprint density at radius 3 is 2.94 bits per heavy atom. The van der Waals surface area contributed by atoms with Gasteiger partial charge in [0.2, 0.25) is 0 Å². The lowest BCUT2D eigenvalue weighted by molar-refractivity contribution is 0.276. The predicted molar refractivity (Wildman–Crippen MR) is 62.2 cm³/mol. The van der Waals surface area contributed by atoms with Gasteiger partial charge in [0.15, 0.2) is 0 Å². The number of aromatic nitrogens is 3. The summed E-state index contributed by atoms with van der Waals surface area (Å²) >= 11 is 1.57. The number of aliphatic hydroxyl groups excluding tert-OH is 1. The smallest absolute Gasteiger partial charge is 0.147 e. The van der Waals surface area contributed by atoms with Crippen molar-refractivity contribution in [2.24, 2.45) is 0 Å². The summed E-state index contributed by atoms with van der Waals surface area (Å²) < 4.78 is 0. The predicted octanol–water partition coefficient (Wildman–Crippen LogP) is 1.06. The molecule has 0 radical (unpaired) electrons. The van der Waals surface area contributed by atoms with E-state index in [4.69, 9.17) is 5.11 Å². The van der Waals surface area contributed by atoms with Gasteiger partial charge in [0.25, 0.3) is 0 Å². The molecule has 0 saturated heterocycles. The quantitative estimate of drug-likeness (QED) is 0.860. The van der Waals surface area contributed by atoms with Gasteiger partial charge in [0, 0.05) is 12.4 Å². The van der Waals surface area contributed by atoms with Gasteiger partial charge >= 0.3 is 0 Å². The van der Waals surface area contributed by atoms with Crippen molar-refractivity contribution in [1.29, 1.82) is 0 Å². The van der Waals surface area contributed by atoms with Crippen LogP contribution in [-0.2, 0) is 13.2 Å². The Morgan fingerprint density at radius 1 is 1.38 bits per heavy atom. The van der Waals surface area contributed by atoms with Gasteiger partial charge in [0.1, 0.15) is 5.82 Å². The van der Waals surface area contributed by atoms with Crippen molar-refractivity contribution in [2.75, 3.05) is 11.9 Å². The second-order valence-corrected chi connectivity index (χ2v) is 4.08. The molecular formula is C10H12N4OS. The molecule has 0 saturated carbocycles.